The van der Waals surface area contributed by atoms with Crippen LogP contribution in [0, 0.1) is 5.82 Å². The molecule has 0 aliphatic heterocycles. The summed E-state index contributed by atoms with van der Waals surface area (Å²) in [6.45, 7) is 0.744. The second-order valence-corrected chi connectivity index (χ2v) is 6.91. The molecule has 0 aliphatic rings. The highest BCUT2D eigenvalue weighted by Gasteiger charge is 2.21. The fraction of sp³-hybridized carbons (Fsp3) is 0.176. The maximum absolute atomic E-state index is 12.9. The van der Waals surface area contributed by atoms with Crippen molar-refractivity contribution in [3.8, 4) is 0 Å². The quantitative estimate of drug-likeness (QED) is 0.598. The van der Waals surface area contributed by atoms with Crippen molar-refractivity contribution in [3.05, 3.63) is 66.0 Å². The lowest BCUT2D eigenvalue weighted by atomic mass is 10.1. The van der Waals surface area contributed by atoms with Crippen LogP contribution in [0.25, 0.3) is 0 Å². The Hall–Kier alpha value is -2.58. The van der Waals surface area contributed by atoms with Crippen LogP contribution in [-0.2, 0) is 19.6 Å². The molecule has 2 rings (SSSR count). The van der Waals surface area contributed by atoms with Gasteiger partial charge in [0.05, 0.1) is 4.90 Å². The van der Waals surface area contributed by atoms with Gasteiger partial charge in [0.15, 0.2) is 6.10 Å². The number of rotatable bonds is 7. The van der Waals surface area contributed by atoms with Gasteiger partial charge in [-0.3, -0.25) is 9.59 Å². The van der Waals surface area contributed by atoms with Gasteiger partial charge in [-0.25, -0.2) is 12.8 Å². The number of Topliss-reactive ketones (excluding diaryl/α,β-unsaturated/α-hetero) is 1. The summed E-state index contributed by atoms with van der Waals surface area (Å²) in [6.07, 6.45) is -1.13. The minimum absolute atomic E-state index is 0.0123. The summed E-state index contributed by atoms with van der Waals surface area (Å²) in [5, 5.41) is 0. The first kappa shape index (κ1) is 18.8. The van der Waals surface area contributed by atoms with Crippen LogP contribution in [0.1, 0.15) is 17.3 Å². The smallest absolute Gasteiger partial charge is 0.321 e. The molecule has 0 spiro atoms. The molecule has 2 aromatic carbocycles. The van der Waals surface area contributed by atoms with Crippen molar-refractivity contribution in [1.29, 1.82) is 0 Å². The Labute approximate surface area is 144 Å². The largest absolute Gasteiger partial charge is 0.453 e. The summed E-state index contributed by atoms with van der Waals surface area (Å²) >= 11 is 0. The van der Waals surface area contributed by atoms with Crippen molar-refractivity contribution < 1.29 is 27.1 Å². The number of ether oxygens (including phenoxy) is 1. The molecule has 132 valence electrons. The maximum atomic E-state index is 12.9. The van der Waals surface area contributed by atoms with Crippen molar-refractivity contribution >= 4 is 21.8 Å². The molecule has 0 saturated carbocycles. The summed E-state index contributed by atoms with van der Waals surface area (Å²) in [7, 11) is -3.85. The molecule has 0 bridgehead atoms. The Morgan fingerprint density at radius 2 is 1.68 bits per heavy atom. The van der Waals surface area contributed by atoms with Gasteiger partial charge in [0.1, 0.15) is 12.4 Å². The standard InChI is InChI=1S/C17H16FNO5S/c1-12(17(21)13-7-9-14(18)10-8-13)24-16(20)11-19-25(22,23)15-5-3-2-4-6-15/h2-10,12,19H,11H2,1H3/t12-/m1/s1. The van der Waals surface area contributed by atoms with E-state index in [9.17, 15) is 22.4 Å². The molecule has 0 heterocycles. The molecule has 25 heavy (non-hydrogen) atoms. The number of benzene rings is 2. The first-order chi connectivity index (χ1) is 11.8. The highest BCUT2D eigenvalue weighted by Crippen LogP contribution is 2.09. The van der Waals surface area contributed by atoms with Crippen LogP contribution < -0.4 is 4.72 Å². The number of hydrogen-bond acceptors (Lipinski definition) is 5. The molecule has 0 amide bonds. The highest BCUT2D eigenvalue weighted by molar-refractivity contribution is 7.89. The SMILES string of the molecule is C[C@@H](OC(=O)CNS(=O)(=O)c1ccccc1)C(=O)c1ccc(F)cc1. The second kappa shape index (κ2) is 8.00. The van der Waals surface area contributed by atoms with Crippen LogP contribution in [0.3, 0.4) is 0 Å². The molecule has 1 atom stereocenters. The highest BCUT2D eigenvalue weighted by atomic mass is 32.2. The molecule has 0 saturated heterocycles. The third-order valence-corrected chi connectivity index (χ3v) is 4.68. The van der Waals surface area contributed by atoms with Gasteiger partial charge in [0.2, 0.25) is 15.8 Å². The molecule has 0 fully saturated rings. The predicted molar refractivity (Wildman–Crippen MR) is 87.9 cm³/mol. The van der Waals surface area contributed by atoms with Gasteiger partial charge in [-0.1, -0.05) is 18.2 Å². The van der Waals surface area contributed by atoms with Gasteiger partial charge in [-0.05, 0) is 43.3 Å². The van der Waals surface area contributed by atoms with Gasteiger partial charge < -0.3 is 4.74 Å². The lowest BCUT2D eigenvalue weighted by Gasteiger charge is -2.13. The van der Waals surface area contributed by atoms with E-state index < -0.39 is 40.2 Å². The average Bonchev–Trinajstić information content (AvgIpc) is 2.61. The number of carbonyl (C=O) groups is 2. The first-order valence-corrected chi connectivity index (χ1v) is 8.82. The van der Waals surface area contributed by atoms with Gasteiger partial charge in [0.25, 0.3) is 0 Å². The van der Waals surface area contributed by atoms with Crippen molar-refractivity contribution in [2.45, 2.75) is 17.9 Å². The van der Waals surface area contributed by atoms with Crippen molar-refractivity contribution in [3.63, 3.8) is 0 Å². The lowest BCUT2D eigenvalue weighted by Crippen LogP contribution is -2.34. The Kier molecular flexibility index (Phi) is 6.00. The number of carbonyl (C=O) groups excluding carboxylic acids is 2. The van der Waals surface area contributed by atoms with E-state index in [0.717, 1.165) is 12.1 Å². The molecule has 0 unspecified atom stereocenters. The monoisotopic (exact) mass is 365 g/mol. The second-order valence-electron chi connectivity index (χ2n) is 5.14. The summed E-state index contributed by atoms with van der Waals surface area (Å²) in [6, 6.07) is 12.3. The number of ketones is 1. The molecule has 2 aromatic rings. The molecule has 8 heteroatoms. The minimum Gasteiger partial charge on any atom is -0.453 e. The molecule has 0 aliphatic carbocycles. The van der Waals surface area contributed by atoms with E-state index in [1.54, 1.807) is 18.2 Å². The first-order valence-electron chi connectivity index (χ1n) is 7.33. The summed E-state index contributed by atoms with van der Waals surface area (Å²) in [4.78, 5) is 23.8. The van der Waals surface area contributed by atoms with Crippen LogP contribution in [-0.4, -0.2) is 32.8 Å². The number of hydrogen-bond donors (Lipinski definition) is 1. The van der Waals surface area contributed by atoms with Crippen molar-refractivity contribution in [2.75, 3.05) is 6.54 Å². The summed E-state index contributed by atoms with van der Waals surface area (Å²) in [5.74, 6) is -1.90. The maximum Gasteiger partial charge on any atom is 0.321 e. The van der Waals surface area contributed by atoms with E-state index in [1.807, 2.05) is 0 Å². The van der Waals surface area contributed by atoms with E-state index in [1.165, 1.54) is 31.2 Å². The van der Waals surface area contributed by atoms with Gasteiger partial charge in [-0.2, -0.15) is 4.72 Å². The van der Waals surface area contributed by atoms with E-state index in [-0.39, 0.29) is 10.5 Å². The lowest BCUT2D eigenvalue weighted by molar-refractivity contribution is -0.144. The Morgan fingerprint density at radius 1 is 1.08 bits per heavy atom. The molecular formula is C17H16FNO5S. The van der Waals surface area contributed by atoms with E-state index in [0.29, 0.717) is 0 Å². The van der Waals surface area contributed by atoms with Gasteiger partial charge >= 0.3 is 5.97 Å². The minimum atomic E-state index is -3.85. The summed E-state index contributed by atoms with van der Waals surface area (Å²) in [5.41, 5.74) is 0.187. The van der Waals surface area contributed by atoms with E-state index >= 15 is 0 Å². The van der Waals surface area contributed by atoms with Crippen LogP contribution in [0.15, 0.2) is 59.5 Å². The third kappa shape index (κ3) is 5.20. The molecule has 0 aromatic heterocycles. The van der Waals surface area contributed by atoms with Crippen LogP contribution >= 0.6 is 0 Å². The van der Waals surface area contributed by atoms with Crippen LogP contribution in [0.4, 0.5) is 4.39 Å². The molecule has 6 nitrogen and oxygen atoms in total. The topological polar surface area (TPSA) is 89.5 Å². The summed E-state index contributed by atoms with van der Waals surface area (Å²) < 4.78 is 43.9. The number of nitrogens with one attached hydrogen (secondary N) is 1. The molecular weight excluding hydrogens is 349 g/mol. The van der Waals surface area contributed by atoms with Gasteiger partial charge in [0, 0.05) is 5.56 Å². The molecule has 1 N–H and O–H groups in total. The van der Waals surface area contributed by atoms with Crippen molar-refractivity contribution in [1.82, 2.24) is 4.72 Å². The fourth-order valence-corrected chi connectivity index (χ4v) is 2.97. The Bertz CT molecular complexity index is 850. The van der Waals surface area contributed by atoms with E-state index in [4.69, 9.17) is 4.74 Å². The zero-order valence-electron chi connectivity index (χ0n) is 13.3. The number of esters is 1. The number of sulfonamides is 1. The van der Waals surface area contributed by atoms with Gasteiger partial charge in [-0.15, -0.1) is 0 Å². The Morgan fingerprint density at radius 3 is 2.28 bits per heavy atom. The van der Waals surface area contributed by atoms with Crippen LogP contribution in [0.2, 0.25) is 0 Å². The predicted octanol–water partition coefficient (Wildman–Crippen LogP) is 1.92. The number of halogens is 1. The zero-order chi connectivity index (χ0) is 18.4. The normalized spacial score (nSPS) is 12.4. The zero-order valence-corrected chi connectivity index (χ0v) is 14.1. The molecule has 0 radical (unpaired) electrons. The van der Waals surface area contributed by atoms with Crippen LogP contribution in [0.5, 0.6) is 0 Å². The van der Waals surface area contributed by atoms with E-state index in [2.05, 4.69) is 4.72 Å². The third-order valence-electron chi connectivity index (χ3n) is 3.27. The average molecular weight is 365 g/mol. The fourth-order valence-electron chi connectivity index (χ4n) is 1.98. The van der Waals surface area contributed by atoms with Crippen molar-refractivity contribution in [2.24, 2.45) is 0 Å². The Balaban J connectivity index is 1.91.